The second-order valence-electron chi connectivity index (χ2n) is 8.73. The van der Waals surface area contributed by atoms with Crippen LogP contribution in [0.15, 0.2) is 65.6 Å². The fourth-order valence-electron chi connectivity index (χ4n) is 4.32. The predicted molar refractivity (Wildman–Crippen MR) is 139 cm³/mol. The Morgan fingerprint density at radius 1 is 0.812 bits per heavy atom. The van der Waals surface area contributed by atoms with E-state index in [1.54, 1.807) is 17.8 Å². The van der Waals surface area contributed by atoms with Gasteiger partial charge in [0.2, 0.25) is 0 Å². The minimum atomic E-state index is -0.0805. The fourth-order valence-corrected chi connectivity index (χ4v) is 4.98. The molecule has 0 saturated carbocycles. The Kier molecular flexibility index (Phi) is 7.84. The van der Waals surface area contributed by atoms with Gasteiger partial charge in [-0.25, -0.2) is 4.39 Å². The van der Waals surface area contributed by atoms with Crippen molar-refractivity contribution in [2.75, 3.05) is 6.26 Å². The lowest BCUT2D eigenvalue weighted by atomic mass is 9.92. The molecule has 1 nitrogen and oxygen atoms in total. The normalized spacial score (nSPS) is 11.3. The number of aromatic hydroxyl groups is 1. The van der Waals surface area contributed by atoms with Crippen LogP contribution in [0.25, 0.3) is 21.5 Å². The third kappa shape index (κ3) is 4.94. The summed E-state index contributed by atoms with van der Waals surface area (Å²) in [6.07, 6.45) is 2.83. The van der Waals surface area contributed by atoms with Crippen molar-refractivity contribution in [3.8, 4) is 5.75 Å². The number of halogens is 1. The van der Waals surface area contributed by atoms with Crippen molar-refractivity contribution in [1.82, 2.24) is 0 Å². The first-order valence-corrected chi connectivity index (χ1v) is 12.5. The number of rotatable bonds is 4. The van der Waals surface area contributed by atoms with E-state index in [-0.39, 0.29) is 5.82 Å². The molecule has 0 aliphatic rings. The van der Waals surface area contributed by atoms with Gasteiger partial charge in [-0.05, 0) is 87.0 Å². The Labute approximate surface area is 195 Å². The minimum absolute atomic E-state index is 0.0805. The van der Waals surface area contributed by atoms with Gasteiger partial charge in [0.1, 0.15) is 11.6 Å². The van der Waals surface area contributed by atoms with Gasteiger partial charge in [0.15, 0.2) is 0 Å². The molecule has 0 atom stereocenters. The van der Waals surface area contributed by atoms with Crippen LogP contribution in [0.4, 0.5) is 4.39 Å². The highest BCUT2D eigenvalue weighted by atomic mass is 32.2. The van der Waals surface area contributed by atoms with Gasteiger partial charge in [-0.3, -0.25) is 0 Å². The molecule has 0 aliphatic carbocycles. The van der Waals surface area contributed by atoms with Crippen LogP contribution in [0.3, 0.4) is 0 Å². The SMILES string of the molecule is CCc1c(F)ccc2cccc(C(C)C)c12.CSc1cccc2cc(O)cc(C(C)C)c12. The quantitative estimate of drug-likeness (QED) is 0.314. The number of phenols is 1. The summed E-state index contributed by atoms with van der Waals surface area (Å²) in [5.74, 6) is 1.12. The molecule has 0 spiro atoms. The first-order chi connectivity index (χ1) is 15.3. The maximum absolute atomic E-state index is 13.8. The lowest BCUT2D eigenvalue weighted by Gasteiger charge is -2.14. The lowest BCUT2D eigenvalue weighted by molar-refractivity contribution is 0.475. The van der Waals surface area contributed by atoms with Crippen LogP contribution in [-0.4, -0.2) is 11.4 Å². The molecule has 4 aromatic carbocycles. The molecule has 4 rings (SSSR count). The maximum Gasteiger partial charge on any atom is 0.127 e. The van der Waals surface area contributed by atoms with E-state index >= 15 is 0 Å². The van der Waals surface area contributed by atoms with Crippen molar-refractivity contribution in [1.29, 1.82) is 0 Å². The van der Waals surface area contributed by atoms with E-state index in [2.05, 4.69) is 64.3 Å². The zero-order valence-electron chi connectivity index (χ0n) is 19.9. The van der Waals surface area contributed by atoms with Crippen LogP contribution in [0.5, 0.6) is 5.75 Å². The van der Waals surface area contributed by atoms with Gasteiger partial charge in [0.25, 0.3) is 0 Å². The molecule has 3 heteroatoms. The van der Waals surface area contributed by atoms with Crippen LogP contribution in [-0.2, 0) is 6.42 Å². The zero-order valence-corrected chi connectivity index (χ0v) is 20.7. The van der Waals surface area contributed by atoms with Crippen molar-refractivity contribution in [2.24, 2.45) is 0 Å². The molecule has 4 aromatic rings. The average Bonchev–Trinajstić information content (AvgIpc) is 2.77. The second-order valence-corrected chi connectivity index (χ2v) is 9.58. The van der Waals surface area contributed by atoms with Gasteiger partial charge in [-0.2, -0.15) is 0 Å². The van der Waals surface area contributed by atoms with Crippen LogP contribution >= 0.6 is 11.8 Å². The number of fused-ring (bicyclic) bond motifs is 2. The number of benzene rings is 4. The predicted octanol–water partition coefficient (Wildman–Crippen LogP) is 9.06. The summed E-state index contributed by atoms with van der Waals surface area (Å²) in [6, 6.07) is 19.6. The highest BCUT2D eigenvalue weighted by Gasteiger charge is 2.12. The lowest BCUT2D eigenvalue weighted by Crippen LogP contribution is -1.96. The molecule has 0 radical (unpaired) electrons. The summed E-state index contributed by atoms with van der Waals surface area (Å²) in [6.45, 7) is 10.6. The van der Waals surface area contributed by atoms with Gasteiger partial charge < -0.3 is 5.11 Å². The molecule has 0 heterocycles. The summed E-state index contributed by atoms with van der Waals surface area (Å²) in [7, 11) is 0. The molecular formula is C29H33FOS. The number of thioether (sulfide) groups is 1. The third-order valence-electron chi connectivity index (χ3n) is 5.90. The van der Waals surface area contributed by atoms with Gasteiger partial charge in [-0.1, -0.05) is 71.0 Å². The topological polar surface area (TPSA) is 20.2 Å². The first-order valence-electron chi connectivity index (χ1n) is 11.3. The number of hydrogen-bond acceptors (Lipinski definition) is 2. The Balaban J connectivity index is 0.000000181. The first kappa shape index (κ1) is 24.1. The summed E-state index contributed by atoms with van der Waals surface area (Å²) in [5.41, 5.74) is 3.32. The smallest absolute Gasteiger partial charge is 0.127 e. The van der Waals surface area contributed by atoms with Crippen molar-refractivity contribution in [3.63, 3.8) is 0 Å². The molecule has 0 bridgehead atoms. The molecule has 0 saturated heterocycles. The molecule has 0 aliphatic heterocycles. The monoisotopic (exact) mass is 448 g/mol. The fraction of sp³-hybridized carbons (Fsp3) is 0.310. The van der Waals surface area contributed by atoms with E-state index in [1.807, 2.05) is 31.2 Å². The molecule has 32 heavy (non-hydrogen) atoms. The highest BCUT2D eigenvalue weighted by molar-refractivity contribution is 7.98. The molecule has 0 unspecified atom stereocenters. The molecule has 0 amide bonds. The van der Waals surface area contributed by atoms with E-state index in [4.69, 9.17) is 0 Å². The Bertz CT molecular complexity index is 1230. The molecule has 0 fully saturated rings. The van der Waals surface area contributed by atoms with Gasteiger partial charge in [0, 0.05) is 4.90 Å². The molecule has 1 N–H and O–H groups in total. The van der Waals surface area contributed by atoms with Gasteiger partial charge >= 0.3 is 0 Å². The number of phenolic OH excluding ortho intramolecular Hbond substituents is 1. The minimum Gasteiger partial charge on any atom is -0.508 e. The largest absolute Gasteiger partial charge is 0.508 e. The van der Waals surface area contributed by atoms with Crippen molar-refractivity contribution < 1.29 is 9.50 Å². The van der Waals surface area contributed by atoms with E-state index in [0.29, 0.717) is 17.6 Å². The summed E-state index contributed by atoms with van der Waals surface area (Å²) >= 11 is 1.75. The van der Waals surface area contributed by atoms with Crippen molar-refractivity contribution >= 4 is 33.3 Å². The molecule has 0 aromatic heterocycles. The van der Waals surface area contributed by atoms with Crippen LogP contribution in [0.2, 0.25) is 0 Å². The summed E-state index contributed by atoms with van der Waals surface area (Å²) < 4.78 is 13.8. The number of hydrogen-bond donors (Lipinski definition) is 1. The van der Waals surface area contributed by atoms with Crippen LogP contribution in [0.1, 0.15) is 63.1 Å². The number of aryl methyl sites for hydroxylation is 1. The van der Waals surface area contributed by atoms with Crippen molar-refractivity contribution in [3.05, 3.63) is 83.2 Å². The highest BCUT2D eigenvalue weighted by Crippen LogP contribution is 2.35. The molecular weight excluding hydrogens is 415 g/mol. The third-order valence-corrected chi connectivity index (χ3v) is 6.68. The van der Waals surface area contributed by atoms with E-state index in [0.717, 1.165) is 28.1 Å². The van der Waals surface area contributed by atoms with Gasteiger partial charge in [-0.15, -0.1) is 11.8 Å². The zero-order chi connectivity index (χ0) is 23.4. The van der Waals surface area contributed by atoms with E-state index in [9.17, 15) is 9.50 Å². The molecule has 168 valence electrons. The van der Waals surface area contributed by atoms with Crippen LogP contribution in [0, 0.1) is 5.82 Å². The average molecular weight is 449 g/mol. The van der Waals surface area contributed by atoms with Gasteiger partial charge in [0.05, 0.1) is 0 Å². The summed E-state index contributed by atoms with van der Waals surface area (Å²) in [4.78, 5) is 1.28. The van der Waals surface area contributed by atoms with E-state index in [1.165, 1.54) is 21.4 Å². The Hall–Kier alpha value is -2.52. The standard InChI is InChI=1S/C15H17F.C14H16OS/c1-4-12-14(16)9-8-11-6-5-7-13(10(2)3)15(11)12;1-9(2)12-8-11(15)7-10-5-4-6-13(16-3)14(10)12/h5-10H,4H2,1-3H3;4-9,15H,1-3H3. The summed E-state index contributed by atoms with van der Waals surface area (Å²) in [5, 5.41) is 14.4. The Morgan fingerprint density at radius 3 is 2.09 bits per heavy atom. The maximum atomic E-state index is 13.8. The Morgan fingerprint density at radius 2 is 1.47 bits per heavy atom. The van der Waals surface area contributed by atoms with Crippen molar-refractivity contribution in [2.45, 2.75) is 57.8 Å². The second kappa shape index (κ2) is 10.4. The van der Waals surface area contributed by atoms with E-state index < -0.39 is 0 Å². The van der Waals surface area contributed by atoms with Crippen LogP contribution < -0.4 is 0 Å².